The number of rotatable bonds is 3. The summed E-state index contributed by atoms with van der Waals surface area (Å²) >= 11 is 6.11. The zero-order chi connectivity index (χ0) is 23.2. The highest BCUT2D eigenvalue weighted by atomic mass is 35.5. The number of nitrogens with one attached hydrogen (secondary N) is 1. The van der Waals surface area contributed by atoms with Crippen molar-refractivity contribution < 1.29 is 4.79 Å². The summed E-state index contributed by atoms with van der Waals surface area (Å²) in [4.78, 5) is 22.3. The maximum Gasteiger partial charge on any atom is 0.293 e. The first-order chi connectivity index (χ1) is 16.6. The number of halogens is 1. The Morgan fingerprint density at radius 2 is 1.53 bits per heavy atom. The van der Waals surface area contributed by atoms with Crippen LogP contribution in [0.4, 0.5) is 11.5 Å². The van der Waals surface area contributed by atoms with Gasteiger partial charge in [-0.2, -0.15) is 0 Å². The van der Waals surface area contributed by atoms with E-state index in [1.54, 1.807) is 0 Å². The number of amides is 1. The van der Waals surface area contributed by atoms with E-state index >= 15 is 0 Å². The fraction of sp³-hybridized carbons (Fsp3) is 0. The molecule has 0 spiro atoms. The standard InChI is InChI=1S/C27H18ClN5O/c28-17-12-14-18(15-13-17)33-22-11-4-3-9-20(22)23-24(29)31-25(32-26(23)33)27(34)30-21-10-5-7-16-6-1-2-8-19(16)21/h1-15H,(H,30,34)(H2,29,31,32). The topological polar surface area (TPSA) is 85.8 Å². The van der Waals surface area contributed by atoms with Crippen molar-refractivity contribution >= 4 is 61.7 Å². The average molecular weight is 464 g/mol. The molecule has 0 aliphatic heterocycles. The summed E-state index contributed by atoms with van der Waals surface area (Å²) in [6, 6.07) is 28.9. The number of carbonyl (C=O) groups excluding carboxylic acids is 1. The Kier molecular flexibility index (Phi) is 4.67. The lowest BCUT2D eigenvalue weighted by Crippen LogP contribution is -2.17. The van der Waals surface area contributed by atoms with Gasteiger partial charge in [0.05, 0.1) is 10.9 Å². The summed E-state index contributed by atoms with van der Waals surface area (Å²) in [7, 11) is 0. The fourth-order valence-electron chi connectivity index (χ4n) is 4.35. The van der Waals surface area contributed by atoms with Gasteiger partial charge in [-0.05, 0) is 41.8 Å². The van der Waals surface area contributed by atoms with Gasteiger partial charge < -0.3 is 11.1 Å². The van der Waals surface area contributed by atoms with Crippen molar-refractivity contribution in [1.82, 2.24) is 14.5 Å². The molecule has 0 saturated carbocycles. The van der Waals surface area contributed by atoms with E-state index in [1.165, 1.54) is 0 Å². The summed E-state index contributed by atoms with van der Waals surface area (Å²) in [5.41, 5.74) is 9.40. The van der Waals surface area contributed by atoms with E-state index in [9.17, 15) is 4.79 Å². The number of hydrogen-bond donors (Lipinski definition) is 2. The lowest BCUT2D eigenvalue weighted by molar-refractivity contribution is 0.101. The number of benzene rings is 4. The van der Waals surface area contributed by atoms with Crippen LogP contribution >= 0.6 is 11.6 Å². The Labute approximate surface area is 199 Å². The molecule has 6 rings (SSSR count). The minimum absolute atomic E-state index is 0.00375. The minimum Gasteiger partial charge on any atom is -0.383 e. The molecule has 6 nitrogen and oxygen atoms in total. The van der Waals surface area contributed by atoms with Crippen LogP contribution in [0.2, 0.25) is 5.02 Å². The quantitative estimate of drug-likeness (QED) is 0.326. The SMILES string of the molecule is Nc1nc(C(=O)Nc2cccc3ccccc23)nc2c1c1ccccc1n2-c1ccc(Cl)cc1. The monoisotopic (exact) mass is 463 g/mol. The maximum atomic E-state index is 13.2. The van der Waals surface area contributed by atoms with Gasteiger partial charge in [-0.15, -0.1) is 0 Å². The van der Waals surface area contributed by atoms with Crippen LogP contribution in [0.1, 0.15) is 10.6 Å². The number of para-hydroxylation sites is 1. The largest absolute Gasteiger partial charge is 0.383 e. The molecule has 7 heteroatoms. The molecule has 6 aromatic rings. The van der Waals surface area contributed by atoms with Gasteiger partial charge in [0.25, 0.3) is 5.91 Å². The summed E-state index contributed by atoms with van der Waals surface area (Å²) in [6.45, 7) is 0. The molecule has 0 saturated heterocycles. The van der Waals surface area contributed by atoms with Gasteiger partial charge in [-0.25, -0.2) is 9.97 Å². The Bertz CT molecular complexity index is 1720. The molecular weight excluding hydrogens is 446 g/mol. The Hall–Kier alpha value is -4.42. The summed E-state index contributed by atoms with van der Waals surface area (Å²) in [5, 5.41) is 7.15. The van der Waals surface area contributed by atoms with Gasteiger partial charge in [0.15, 0.2) is 5.65 Å². The van der Waals surface area contributed by atoms with Gasteiger partial charge in [0, 0.05) is 27.2 Å². The second kappa shape index (κ2) is 7.86. The summed E-state index contributed by atoms with van der Waals surface area (Å²) in [6.07, 6.45) is 0. The highest BCUT2D eigenvalue weighted by molar-refractivity contribution is 6.30. The first kappa shape index (κ1) is 20.2. The normalized spacial score (nSPS) is 11.3. The van der Waals surface area contributed by atoms with Crippen molar-refractivity contribution in [3.8, 4) is 5.69 Å². The van der Waals surface area contributed by atoms with Gasteiger partial charge in [-0.1, -0.05) is 66.2 Å². The minimum atomic E-state index is -0.433. The second-order valence-corrected chi connectivity index (χ2v) is 8.38. The average Bonchev–Trinajstić information content (AvgIpc) is 3.19. The van der Waals surface area contributed by atoms with E-state index in [2.05, 4.69) is 15.3 Å². The Balaban J connectivity index is 1.53. The van der Waals surface area contributed by atoms with E-state index in [4.69, 9.17) is 17.3 Å². The van der Waals surface area contributed by atoms with Gasteiger partial charge in [0.2, 0.25) is 5.82 Å². The first-order valence-electron chi connectivity index (χ1n) is 10.7. The van der Waals surface area contributed by atoms with Crippen molar-refractivity contribution in [2.75, 3.05) is 11.1 Å². The summed E-state index contributed by atoms with van der Waals surface area (Å²) < 4.78 is 1.97. The third kappa shape index (κ3) is 3.24. The molecule has 2 aromatic heterocycles. The van der Waals surface area contributed by atoms with Gasteiger partial charge in [0.1, 0.15) is 5.82 Å². The fourth-order valence-corrected chi connectivity index (χ4v) is 4.47. The third-order valence-corrected chi connectivity index (χ3v) is 6.12. The number of carbonyl (C=O) groups is 1. The van der Waals surface area contributed by atoms with Crippen molar-refractivity contribution in [3.05, 3.63) is 102 Å². The molecule has 4 aromatic carbocycles. The highest BCUT2D eigenvalue weighted by Crippen LogP contribution is 2.34. The number of nitrogens with zero attached hydrogens (tertiary/aromatic N) is 3. The molecule has 34 heavy (non-hydrogen) atoms. The van der Waals surface area contributed by atoms with Crippen LogP contribution in [-0.2, 0) is 0 Å². The van der Waals surface area contributed by atoms with Crippen molar-refractivity contribution in [3.63, 3.8) is 0 Å². The van der Waals surface area contributed by atoms with Crippen LogP contribution in [0.5, 0.6) is 0 Å². The molecule has 2 heterocycles. The Morgan fingerprint density at radius 3 is 2.35 bits per heavy atom. The number of hydrogen-bond acceptors (Lipinski definition) is 4. The third-order valence-electron chi connectivity index (χ3n) is 5.87. The number of nitrogens with two attached hydrogens (primary N) is 1. The number of anilines is 2. The molecule has 164 valence electrons. The van der Waals surface area contributed by atoms with Crippen LogP contribution in [0.3, 0.4) is 0 Å². The predicted octanol–water partition coefficient (Wildman–Crippen LogP) is 6.21. The van der Waals surface area contributed by atoms with Crippen LogP contribution in [-0.4, -0.2) is 20.4 Å². The van der Waals surface area contributed by atoms with E-state index in [-0.39, 0.29) is 11.6 Å². The van der Waals surface area contributed by atoms with E-state index in [0.29, 0.717) is 21.7 Å². The van der Waals surface area contributed by atoms with Crippen molar-refractivity contribution in [2.24, 2.45) is 0 Å². The van der Waals surface area contributed by atoms with Crippen LogP contribution < -0.4 is 11.1 Å². The Morgan fingerprint density at radius 1 is 0.824 bits per heavy atom. The summed E-state index contributed by atoms with van der Waals surface area (Å²) in [5.74, 6) is -0.189. The van der Waals surface area contributed by atoms with Crippen molar-refractivity contribution in [1.29, 1.82) is 0 Å². The molecule has 0 fully saturated rings. The molecule has 0 radical (unpaired) electrons. The molecule has 0 aliphatic rings. The number of fused-ring (bicyclic) bond motifs is 4. The second-order valence-electron chi connectivity index (χ2n) is 7.94. The highest BCUT2D eigenvalue weighted by Gasteiger charge is 2.20. The lowest BCUT2D eigenvalue weighted by atomic mass is 10.1. The maximum absolute atomic E-state index is 13.2. The number of nitrogen functional groups attached to an aromatic ring is 1. The van der Waals surface area contributed by atoms with Gasteiger partial charge >= 0.3 is 0 Å². The lowest BCUT2D eigenvalue weighted by Gasteiger charge is -2.10. The van der Waals surface area contributed by atoms with Crippen LogP contribution in [0.15, 0.2) is 91.0 Å². The molecule has 1 amide bonds. The molecular formula is C27H18ClN5O. The number of aromatic nitrogens is 3. The molecule has 3 N–H and O–H groups in total. The zero-order valence-electron chi connectivity index (χ0n) is 17.9. The smallest absolute Gasteiger partial charge is 0.293 e. The van der Waals surface area contributed by atoms with E-state index in [0.717, 1.165) is 27.4 Å². The first-order valence-corrected chi connectivity index (χ1v) is 11.1. The molecule has 0 atom stereocenters. The van der Waals surface area contributed by atoms with E-state index < -0.39 is 5.91 Å². The molecule has 0 bridgehead atoms. The molecule has 0 unspecified atom stereocenters. The van der Waals surface area contributed by atoms with Crippen LogP contribution in [0.25, 0.3) is 38.4 Å². The molecule has 0 aliphatic carbocycles. The van der Waals surface area contributed by atoms with Crippen LogP contribution in [0, 0.1) is 0 Å². The van der Waals surface area contributed by atoms with E-state index in [1.807, 2.05) is 95.6 Å². The van der Waals surface area contributed by atoms with Crippen molar-refractivity contribution in [2.45, 2.75) is 0 Å². The predicted molar refractivity (Wildman–Crippen MR) is 138 cm³/mol. The zero-order valence-corrected chi connectivity index (χ0v) is 18.6. The van der Waals surface area contributed by atoms with Gasteiger partial charge in [-0.3, -0.25) is 9.36 Å².